The lowest BCUT2D eigenvalue weighted by atomic mass is 10.2. The van der Waals surface area contributed by atoms with Gasteiger partial charge in [-0.2, -0.15) is 4.31 Å². The van der Waals surface area contributed by atoms with Crippen LogP contribution in [-0.4, -0.2) is 45.4 Å². The topological polar surface area (TPSA) is 90.0 Å². The van der Waals surface area contributed by atoms with Crippen molar-refractivity contribution in [3.8, 4) is 0 Å². The van der Waals surface area contributed by atoms with Crippen LogP contribution in [0.4, 0.5) is 0 Å². The molecule has 0 spiro atoms. The molecule has 0 atom stereocenters. The maximum Gasteiger partial charge on any atom is 0.339 e. The first kappa shape index (κ1) is 22.1. The molecule has 0 aromatic heterocycles. The quantitative estimate of drug-likeness (QED) is 0.552. The van der Waals surface area contributed by atoms with Gasteiger partial charge in [0.05, 0.1) is 31.1 Å². The highest BCUT2D eigenvalue weighted by atomic mass is 79.9. The highest BCUT2D eigenvalue weighted by molar-refractivity contribution is 9.10. The average molecular weight is 470 g/mol. The first-order valence-electron chi connectivity index (χ1n) is 8.28. The van der Waals surface area contributed by atoms with Crippen molar-refractivity contribution in [2.24, 2.45) is 0 Å². The Morgan fingerprint density at radius 3 is 2.32 bits per heavy atom. The Morgan fingerprint density at radius 1 is 1.04 bits per heavy atom. The van der Waals surface area contributed by atoms with E-state index in [2.05, 4.69) is 20.7 Å². The SMILES string of the molecule is COC(=O)CCN(Cc1ccccc1)S(=O)(=O)c1ccc(Br)c(C(=O)OC)c1. The number of ether oxygens (including phenoxy) is 2. The van der Waals surface area contributed by atoms with Gasteiger partial charge in [0.15, 0.2) is 0 Å². The number of sulfonamides is 1. The van der Waals surface area contributed by atoms with Gasteiger partial charge in [0.25, 0.3) is 0 Å². The van der Waals surface area contributed by atoms with Crippen LogP contribution in [-0.2, 0) is 30.8 Å². The Hall–Kier alpha value is -2.23. The number of carbonyl (C=O) groups excluding carboxylic acids is 2. The minimum Gasteiger partial charge on any atom is -0.469 e. The van der Waals surface area contributed by atoms with Crippen LogP contribution in [0.1, 0.15) is 22.3 Å². The van der Waals surface area contributed by atoms with E-state index in [0.717, 1.165) is 5.56 Å². The van der Waals surface area contributed by atoms with E-state index in [1.54, 1.807) is 24.3 Å². The van der Waals surface area contributed by atoms with Crippen LogP contribution in [0, 0.1) is 0 Å². The highest BCUT2D eigenvalue weighted by Crippen LogP contribution is 2.25. The van der Waals surface area contributed by atoms with E-state index in [1.807, 2.05) is 6.07 Å². The molecule has 0 aliphatic rings. The molecule has 0 amide bonds. The van der Waals surface area contributed by atoms with Gasteiger partial charge in [-0.25, -0.2) is 13.2 Å². The van der Waals surface area contributed by atoms with Crippen LogP contribution in [0.2, 0.25) is 0 Å². The highest BCUT2D eigenvalue weighted by Gasteiger charge is 2.27. The average Bonchev–Trinajstić information content (AvgIpc) is 2.70. The zero-order valence-corrected chi connectivity index (χ0v) is 17.8. The zero-order valence-electron chi connectivity index (χ0n) is 15.4. The predicted molar refractivity (Wildman–Crippen MR) is 106 cm³/mol. The summed E-state index contributed by atoms with van der Waals surface area (Å²) in [5.74, 6) is -1.17. The Morgan fingerprint density at radius 2 is 1.71 bits per heavy atom. The van der Waals surface area contributed by atoms with Crippen molar-refractivity contribution in [3.63, 3.8) is 0 Å². The van der Waals surface area contributed by atoms with Crippen LogP contribution < -0.4 is 0 Å². The summed E-state index contributed by atoms with van der Waals surface area (Å²) in [5.41, 5.74) is 0.859. The van der Waals surface area contributed by atoms with E-state index >= 15 is 0 Å². The molecule has 28 heavy (non-hydrogen) atoms. The maximum absolute atomic E-state index is 13.2. The second-order valence-corrected chi connectivity index (χ2v) is 8.58. The molecule has 2 aromatic carbocycles. The summed E-state index contributed by atoms with van der Waals surface area (Å²) in [4.78, 5) is 23.4. The molecule has 0 heterocycles. The monoisotopic (exact) mass is 469 g/mol. The first-order chi connectivity index (χ1) is 13.3. The van der Waals surface area contributed by atoms with Gasteiger partial charge >= 0.3 is 11.9 Å². The van der Waals surface area contributed by atoms with Crippen molar-refractivity contribution in [1.29, 1.82) is 0 Å². The van der Waals surface area contributed by atoms with E-state index < -0.39 is 22.0 Å². The molecule has 9 heteroatoms. The molecule has 0 N–H and O–H groups in total. The molecule has 0 unspecified atom stereocenters. The summed E-state index contributed by atoms with van der Waals surface area (Å²) < 4.78 is 37.4. The Bertz CT molecular complexity index is 946. The molecule has 0 aliphatic heterocycles. The van der Waals surface area contributed by atoms with Crippen molar-refractivity contribution < 1.29 is 27.5 Å². The summed E-state index contributed by atoms with van der Waals surface area (Å²) >= 11 is 3.22. The lowest BCUT2D eigenvalue weighted by Gasteiger charge is -2.22. The maximum atomic E-state index is 13.2. The predicted octanol–water partition coefficient (Wildman–Crippen LogP) is 2.99. The van der Waals surface area contributed by atoms with Gasteiger partial charge in [0.2, 0.25) is 10.0 Å². The van der Waals surface area contributed by atoms with Crippen molar-refractivity contribution in [3.05, 3.63) is 64.1 Å². The Balaban J connectivity index is 2.41. The third kappa shape index (κ3) is 5.40. The second kappa shape index (κ2) is 9.81. The normalized spacial score (nSPS) is 11.3. The zero-order chi connectivity index (χ0) is 20.7. The number of hydrogen-bond donors (Lipinski definition) is 0. The van der Waals surface area contributed by atoms with Crippen molar-refractivity contribution in [1.82, 2.24) is 4.31 Å². The summed E-state index contributed by atoms with van der Waals surface area (Å²) in [6.45, 7) is 0.0112. The molecule has 0 saturated heterocycles. The molecule has 2 aromatic rings. The number of carbonyl (C=O) groups is 2. The number of nitrogens with zero attached hydrogens (tertiary/aromatic N) is 1. The summed E-state index contributed by atoms with van der Waals surface area (Å²) in [7, 11) is -1.53. The van der Waals surface area contributed by atoms with Crippen LogP contribution in [0.5, 0.6) is 0 Å². The van der Waals surface area contributed by atoms with Crippen LogP contribution >= 0.6 is 15.9 Å². The molecule has 0 saturated carbocycles. The lowest BCUT2D eigenvalue weighted by molar-refractivity contribution is -0.140. The van der Waals surface area contributed by atoms with Gasteiger partial charge in [0.1, 0.15) is 0 Å². The molecule has 2 rings (SSSR count). The standard InChI is InChI=1S/C19H20BrNO6S/c1-26-18(22)10-11-21(13-14-6-4-3-5-7-14)28(24,25)15-8-9-17(20)16(12-15)19(23)27-2/h3-9,12H,10-11,13H2,1-2H3. The fourth-order valence-electron chi connectivity index (χ4n) is 2.47. The Labute approximate surface area is 172 Å². The number of rotatable bonds is 8. The van der Waals surface area contributed by atoms with Crippen molar-refractivity contribution in [2.75, 3.05) is 20.8 Å². The Kier molecular flexibility index (Phi) is 7.73. The van der Waals surface area contributed by atoms with Gasteiger partial charge in [-0.3, -0.25) is 4.79 Å². The third-order valence-corrected chi connectivity index (χ3v) is 6.51. The van der Waals surface area contributed by atoms with E-state index in [-0.39, 0.29) is 30.0 Å². The second-order valence-electron chi connectivity index (χ2n) is 5.78. The fraction of sp³-hybridized carbons (Fsp3) is 0.263. The number of methoxy groups -OCH3 is 2. The molecule has 150 valence electrons. The summed E-state index contributed by atoms with van der Waals surface area (Å²) in [6, 6.07) is 13.1. The smallest absolute Gasteiger partial charge is 0.339 e. The molecule has 7 nitrogen and oxygen atoms in total. The molecule has 0 aliphatic carbocycles. The van der Waals surface area contributed by atoms with Gasteiger partial charge in [0, 0.05) is 17.6 Å². The van der Waals surface area contributed by atoms with E-state index in [4.69, 9.17) is 4.74 Å². The van der Waals surface area contributed by atoms with Crippen LogP contribution in [0.15, 0.2) is 57.9 Å². The molecule has 0 bridgehead atoms. The number of esters is 2. The van der Waals surface area contributed by atoms with Crippen LogP contribution in [0.3, 0.4) is 0 Å². The van der Waals surface area contributed by atoms with Crippen molar-refractivity contribution in [2.45, 2.75) is 17.9 Å². The minimum absolute atomic E-state index is 0.0620. The minimum atomic E-state index is -3.99. The number of benzene rings is 2. The lowest BCUT2D eigenvalue weighted by Crippen LogP contribution is -2.33. The fourth-order valence-corrected chi connectivity index (χ4v) is 4.33. The van der Waals surface area contributed by atoms with Crippen LogP contribution in [0.25, 0.3) is 0 Å². The molecular formula is C19H20BrNO6S. The largest absolute Gasteiger partial charge is 0.469 e. The van der Waals surface area contributed by atoms with E-state index in [1.165, 1.54) is 36.7 Å². The summed E-state index contributed by atoms with van der Waals surface area (Å²) in [6.07, 6.45) is -0.0943. The van der Waals surface area contributed by atoms with Crippen molar-refractivity contribution >= 4 is 37.9 Å². The summed E-state index contributed by atoms with van der Waals surface area (Å²) in [5, 5.41) is 0. The first-order valence-corrected chi connectivity index (χ1v) is 10.5. The van der Waals surface area contributed by atoms with E-state index in [0.29, 0.717) is 4.47 Å². The number of hydrogen-bond acceptors (Lipinski definition) is 6. The van der Waals surface area contributed by atoms with E-state index in [9.17, 15) is 18.0 Å². The molecular weight excluding hydrogens is 450 g/mol. The number of halogens is 1. The van der Waals surface area contributed by atoms with Gasteiger partial charge in [-0.15, -0.1) is 0 Å². The van der Waals surface area contributed by atoms with Gasteiger partial charge in [-0.1, -0.05) is 30.3 Å². The van der Waals surface area contributed by atoms with Gasteiger partial charge < -0.3 is 9.47 Å². The van der Waals surface area contributed by atoms with Gasteiger partial charge in [-0.05, 0) is 39.7 Å². The molecule has 0 radical (unpaired) electrons. The third-order valence-electron chi connectivity index (χ3n) is 3.98. The molecule has 0 fully saturated rings.